The molecule has 1 N–H and O–H groups in total. The molecule has 1 saturated heterocycles. The Morgan fingerprint density at radius 2 is 1.85 bits per heavy atom. The van der Waals surface area contributed by atoms with Gasteiger partial charge in [0, 0.05) is 53.1 Å². The van der Waals surface area contributed by atoms with Gasteiger partial charge < -0.3 is 10.2 Å². The Morgan fingerprint density at radius 1 is 1.09 bits per heavy atom. The number of aryl methyl sites for hydroxylation is 1. The van der Waals surface area contributed by atoms with Gasteiger partial charge in [-0.15, -0.1) is 0 Å². The lowest BCUT2D eigenvalue weighted by Crippen LogP contribution is -2.39. The molecular formula is C25H23ClFN5O. The van der Waals surface area contributed by atoms with Crippen LogP contribution in [-0.2, 0) is 4.79 Å². The molecule has 4 aromatic rings. The zero-order valence-electron chi connectivity index (χ0n) is 18.1. The van der Waals surface area contributed by atoms with Crippen molar-refractivity contribution in [3.05, 3.63) is 77.2 Å². The Balaban J connectivity index is 1.33. The molecule has 5 rings (SSSR count). The van der Waals surface area contributed by atoms with Crippen molar-refractivity contribution in [1.29, 1.82) is 0 Å². The molecular weight excluding hydrogens is 441 g/mol. The number of hydrogen-bond acceptors (Lipinski definition) is 4. The maximum atomic E-state index is 13.4. The Bertz CT molecular complexity index is 1310. The summed E-state index contributed by atoms with van der Waals surface area (Å²) in [4.78, 5) is 19.6. The lowest BCUT2D eigenvalue weighted by Gasteiger charge is -2.33. The SMILES string of the molecule is Cc1cc(N2CCC(C(=O)Nc3cccc(F)c3)CC2)n2nc(-c3ccc(Cl)cc3)cc2n1. The summed E-state index contributed by atoms with van der Waals surface area (Å²) < 4.78 is 15.3. The fraction of sp³-hybridized carbons (Fsp3) is 0.240. The number of carbonyl (C=O) groups is 1. The number of fused-ring (bicyclic) bond motifs is 1. The van der Waals surface area contributed by atoms with E-state index in [2.05, 4.69) is 15.2 Å². The largest absolute Gasteiger partial charge is 0.356 e. The zero-order valence-corrected chi connectivity index (χ0v) is 18.9. The van der Waals surface area contributed by atoms with E-state index in [0.29, 0.717) is 23.6 Å². The van der Waals surface area contributed by atoms with Crippen molar-refractivity contribution in [2.75, 3.05) is 23.3 Å². The number of benzene rings is 2. The molecule has 0 unspecified atom stereocenters. The topological polar surface area (TPSA) is 62.5 Å². The number of piperidine rings is 1. The highest BCUT2D eigenvalue weighted by atomic mass is 35.5. The quantitative estimate of drug-likeness (QED) is 0.443. The first-order valence-electron chi connectivity index (χ1n) is 10.9. The van der Waals surface area contributed by atoms with Gasteiger partial charge in [0.25, 0.3) is 0 Å². The van der Waals surface area contributed by atoms with E-state index >= 15 is 0 Å². The van der Waals surface area contributed by atoms with Crippen molar-refractivity contribution in [1.82, 2.24) is 14.6 Å². The van der Waals surface area contributed by atoms with Gasteiger partial charge in [-0.25, -0.2) is 9.37 Å². The minimum atomic E-state index is -0.364. The Labute approximate surface area is 196 Å². The average molecular weight is 464 g/mol. The summed E-state index contributed by atoms with van der Waals surface area (Å²) in [6.45, 7) is 3.41. The van der Waals surface area contributed by atoms with Gasteiger partial charge in [0.05, 0.1) is 5.69 Å². The van der Waals surface area contributed by atoms with Gasteiger partial charge >= 0.3 is 0 Å². The maximum absolute atomic E-state index is 13.4. The van der Waals surface area contributed by atoms with Crippen molar-refractivity contribution in [2.24, 2.45) is 5.92 Å². The first kappa shape index (κ1) is 21.4. The van der Waals surface area contributed by atoms with Crippen LogP contribution in [0.3, 0.4) is 0 Å². The summed E-state index contributed by atoms with van der Waals surface area (Å²) >= 11 is 6.02. The predicted molar refractivity (Wildman–Crippen MR) is 128 cm³/mol. The minimum absolute atomic E-state index is 0.0691. The standard InChI is InChI=1S/C25H23ClFN5O/c1-16-13-24(32-23(28-16)15-22(30-32)17-5-7-19(26)8-6-17)31-11-9-18(10-12-31)25(33)29-21-4-2-3-20(27)14-21/h2-8,13-15,18H,9-12H2,1H3,(H,29,33). The number of hydrogen-bond donors (Lipinski definition) is 1. The molecule has 1 amide bonds. The van der Waals surface area contributed by atoms with Crippen LogP contribution in [0.2, 0.25) is 5.02 Å². The first-order chi connectivity index (χ1) is 16.0. The minimum Gasteiger partial charge on any atom is -0.356 e. The molecule has 2 aromatic heterocycles. The fourth-order valence-corrected chi connectivity index (χ4v) is 4.37. The summed E-state index contributed by atoms with van der Waals surface area (Å²) in [7, 11) is 0. The number of anilines is 2. The third kappa shape index (κ3) is 4.54. The molecule has 0 radical (unpaired) electrons. The van der Waals surface area contributed by atoms with Gasteiger partial charge in [0.2, 0.25) is 5.91 Å². The fourth-order valence-electron chi connectivity index (χ4n) is 4.25. The van der Waals surface area contributed by atoms with Crippen LogP contribution in [0.5, 0.6) is 0 Å². The first-order valence-corrected chi connectivity index (χ1v) is 11.3. The highest BCUT2D eigenvalue weighted by molar-refractivity contribution is 6.30. The van der Waals surface area contributed by atoms with Crippen LogP contribution in [0.4, 0.5) is 15.9 Å². The molecule has 3 heterocycles. The number of rotatable bonds is 4. The number of halogens is 2. The summed E-state index contributed by atoms with van der Waals surface area (Å²) in [5.74, 6) is 0.407. The van der Waals surface area contributed by atoms with Crippen LogP contribution in [0.1, 0.15) is 18.5 Å². The van der Waals surface area contributed by atoms with E-state index in [9.17, 15) is 9.18 Å². The lowest BCUT2D eigenvalue weighted by molar-refractivity contribution is -0.120. The molecule has 6 nitrogen and oxygen atoms in total. The summed E-state index contributed by atoms with van der Waals surface area (Å²) in [6.07, 6.45) is 1.41. The molecule has 1 aliphatic rings. The van der Waals surface area contributed by atoms with Crippen molar-refractivity contribution in [2.45, 2.75) is 19.8 Å². The molecule has 0 bridgehead atoms. The van der Waals surface area contributed by atoms with Gasteiger partial charge in [-0.1, -0.05) is 29.8 Å². The zero-order chi connectivity index (χ0) is 22.9. The second-order valence-corrected chi connectivity index (χ2v) is 8.76. The normalized spacial score (nSPS) is 14.6. The van der Waals surface area contributed by atoms with Crippen LogP contribution >= 0.6 is 11.6 Å². The van der Waals surface area contributed by atoms with Crippen molar-refractivity contribution < 1.29 is 9.18 Å². The summed E-state index contributed by atoms with van der Waals surface area (Å²) in [5, 5.41) is 8.32. The van der Waals surface area contributed by atoms with Crippen LogP contribution in [0.15, 0.2) is 60.7 Å². The van der Waals surface area contributed by atoms with E-state index in [1.165, 1.54) is 12.1 Å². The maximum Gasteiger partial charge on any atom is 0.227 e. The number of amides is 1. The number of carbonyl (C=O) groups excluding carboxylic acids is 1. The second kappa shape index (κ2) is 8.83. The molecule has 0 aliphatic carbocycles. The van der Waals surface area contributed by atoms with Gasteiger partial charge in [-0.05, 0) is 50.1 Å². The highest BCUT2D eigenvalue weighted by Crippen LogP contribution is 2.28. The smallest absolute Gasteiger partial charge is 0.227 e. The number of nitrogens with one attached hydrogen (secondary N) is 1. The Morgan fingerprint density at radius 3 is 2.58 bits per heavy atom. The number of aromatic nitrogens is 3. The van der Waals surface area contributed by atoms with E-state index in [1.807, 2.05) is 47.8 Å². The Hall–Kier alpha value is -3.45. The van der Waals surface area contributed by atoms with E-state index in [0.717, 1.165) is 41.5 Å². The predicted octanol–water partition coefficient (Wildman–Crippen LogP) is 5.35. The van der Waals surface area contributed by atoms with E-state index in [4.69, 9.17) is 16.7 Å². The average Bonchev–Trinajstić information content (AvgIpc) is 3.23. The van der Waals surface area contributed by atoms with Crippen LogP contribution in [-0.4, -0.2) is 33.6 Å². The van der Waals surface area contributed by atoms with E-state index < -0.39 is 0 Å². The van der Waals surface area contributed by atoms with Crippen molar-refractivity contribution in [3.8, 4) is 11.3 Å². The summed E-state index contributed by atoms with van der Waals surface area (Å²) in [6, 6.07) is 17.6. The Kier molecular flexibility index (Phi) is 5.72. The second-order valence-electron chi connectivity index (χ2n) is 8.32. The summed E-state index contributed by atoms with van der Waals surface area (Å²) in [5.41, 5.74) is 3.98. The van der Waals surface area contributed by atoms with Crippen LogP contribution < -0.4 is 10.2 Å². The molecule has 33 heavy (non-hydrogen) atoms. The molecule has 1 fully saturated rings. The third-order valence-electron chi connectivity index (χ3n) is 5.96. The molecule has 2 aromatic carbocycles. The molecule has 1 aliphatic heterocycles. The van der Waals surface area contributed by atoms with Gasteiger partial charge in [0.15, 0.2) is 5.65 Å². The van der Waals surface area contributed by atoms with E-state index in [-0.39, 0.29) is 17.6 Å². The third-order valence-corrected chi connectivity index (χ3v) is 6.21. The van der Waals surface area contributed by atoms with Gasteiger partial charge in [0.1, 0.15) is 11.6 Å². The molecule has 168 valence electrons. The molecule has 0 spiro atoms. The van der Waals surface area contributed by atoms with Crippen LogP contribution in [0.25, 0.3) is 16.9 Å². The molecule has 0 saturated carbocycles. The van der Waals surface area contributed by atoms with Gasteiger partial charge in [-0.2, -0.15) is 9.61 Å². The number of nitrogens with zero attached hydrogens (tertiary/aromatic N) is 4. The highest BCUT2D eigenvalue weighted by Gasteiger charge is 2.27. The van der Waals surface area contributed by atoms with Crippen molar-refractivity contribution in [3.63, 3.8) is 0 Å². The van der Waals surface area contributed by atoms with Crippen LogP contribution in [0, 0.1) is 18.7 Å². The lowest BCUT2D eigenvalue weighted by atomic mass is 9.95. The monoisotopic (exact) mass is 463 g/mol. The van der Waals surface area contributed by atoms with E-state index in [1.54, 1.807) is 12.1 Å². The van der Waals surface area contributed by atoms with Crippen molar-refractivity contribution >= 4 is 34.7 Å². The molecule has 0 atom stereocenters. The van der Waals surface area contributed by atoms with Gasteiger partial charge in [-0.3, -0.25) is 4.79 Å². The molecule has 8 heteroatoms.